The summed E-state index contributed by atoms with van der Waals surface area (Å²) in [6.45, 7) is 5.29. The molecule has 0 saturated carbocycles. The zero-order chi connectivity index (χ0) is 12.5. The Morgan fingerprint density at radius 1 is 1.35 bits per heavy atom. The van der Waals surface area contributed by atoms with Crippen molar-refractivity contribution in [2.45, 2.75) is 45.3 Å². The van der Waals surface area contributed by atoms with Crippen molar-refractivity contribution in [3.05, 3.63) is 35.4 Å². The maximum absolute atomic E-state index is 12.3. The lowest BCUT2D eigenvalue weighted by Gasteiger charge is -2.28. The van der Waals surface area contributed by atoms with E-state index in [0.717, 1.165) is 12.8 Å². The third kappa shape index (κ3) is 2.34. The highest BCUT2D eigenvalue weighted by Gasteiger charge is 2.34. The van der Waals surface area contributed by atoms with Gasteiger partial charge in [0.05, 0.1) is 5.54 Å². The molecule has 2 N–H and O–H groups in total. The molecule has 1 aliphatic heterocycles. The van der Waals surface area contributed by atoms with Crippen LogP contribution in [0.3, 0.4) is 0 Å². The average Bonchev–Trinajstić information content (AvgIpc) is 2.71. The second-order valence-electron chi connectivity index (χ2n) is 5.10. The monoisotopic (exact) mass is 232 g/mol. The first kappa shape index (κ1) is 12.1. The second-order valence-corrected chi connectivity index (χ2v) is 5.10. The number of carbonyl (C=O) groups excluding carboxylic acids is 1. The van der Waals surface area contributed by atoms with Gasteiger partial charge in [0, 0.05) is 13.1 Å². The van der Waals surface area contributed by atoms with Crippen molar-refractivity contribution in [2.75, 3.05) is 0 Å². The molecule has 0 radical (unpaired) electrons. The molecule has 1 aromatic rings. The van der Waals surface area contributed by atoms with Gasteiger partial charge in [-0.2, -0.15) is 0 Å². The van der Waals surface area contributed by atoms with Gasteiger partial charge in [0.2, 0.25) is 5.91 Å². The van der Waals surface area contributed by atoms with Crippen LogP contribution in [0.1, 0.15) is 37.8 Å². The van der Waals surface area contributed by atoms with E-state index >= 15 is 0 Å². The molecule has 0 aromatic heterocycles. The number of rotatable bonds is 3. The van der Waals surface area contributed by atoms with Gasteiger partial charge in [-0.3, -0.25) is 4.79 Å². The average molecular weight is 232 g/mol. The summed E-state index contributed by atoms with van der Waals surface area (Å²) >= 11 is 0. The highest BCUT2D eigenvalue weighted by atomic mass is 16.2. The molecule has 1 unspecified atom stereocenters. The zero-order valence-corrected chi connectivity index (χ0v) is 10.6. The van der Waals surface area contributed by atoms with E-state index in [9.17, 15) is 4.79 Å². The van der Waals surface area contributed by atoms with E-state index in [1.165, 1.54) is 11.1 Å². The Morgan fingerprint density at radius 3 is 2.35 bits per heavy atom. The fourth-order valence-corrected chi connectivity index (χ4v) is 2.46. The Labute approximate surface area is 103 Å². The van der Waals surface area contributed by atoms with Crippen molar-refractivity contribution in [3.8, 4) is 0 Å². The summed E-state index contributed by atoms with van der Waals surface area (Å²) in [5, 5.41) is 0. The Kier molecular flexibility index (Phi) is 3.20. The van der Waals surface area contributed by atoms with Gasteiger partial charge in [0.1, 0.15) is 0 Å². The van der Waals surface area contributed by atoms with Crippen molar-refractivity contribution in [1.29, 1.82) is 0 Å². The van der Waals surface area contributed by atoms with Crippen LogP contribution in [0.5, 0.6) is 0 Å². The van der Waals surface area contributed by atoms with Crippen LogP contribution in [0, 0.1) is 0 Å². The molecule has 3 heteroatoms. The predicted octanol–water partition coefficient (Wildman–Crippen LogP) is 2.05. The Hall–Kier alpha value is -1.35. The van der Waals surface area contributed by atoms with Gasteiger partial charge in [-0.25, -0.2) is 0 Å². The molecular formula is C14H20N2O. The molecule has 92 valence electrons. The summed E-state index contributed by atoms with van der Waals surface area (Å²) < 4.78 is 0. The number of hydrogen-bond acceptors (Lipinski definition) is 2. The highest BCUT2D eigenvalue weighted by Crippen LogP contribution is 2.25. The first-order valence-electron chi connectivity index (χ1n) is 6.19. The van der Waals surface area contributed by atoms with E-state index in [-0.39, 0.29) is 5.91 Å². The fraction of sp³-hybridized carbons (Fsp3) is 0.500. The van der Waals surface area contributed by atoms with Crippen molar-refractivity contribution >= 4 is 5.91 Å². The SMILES string of the molecule is CCCC(C)(N)C(=O)N1Cc2ccccc2C1. The number of carbonyl (C=O) groups is 1. The summed E-state index contributed by atoms with van der Waals surface area (Å²) in [6.07, 6.45) is 1.66. The van der Waals surface area contributed by atoms with E-state index in [0.29, 0.717) is 13.1 Å². The number of amides is 1. The van der Waals surface area contributed by atoms with Crippen LogP contribution in [-0.4, -0.2) is 16.3 Å². The maximum atomic E-state index is 12.3. The summed E-state index contributed by atoms with van der Waals surface area (Å²) in [6, 6.07) is 8.19. The van der Waals surface area contributed by atoms with Gasteiger partial charge in [0.15, 0.2) is 0 Å². The fourth-order valence-electron chi connectivity index (χ4n) is 2.46. The van der Waals surface area contributed by atoms with Crippen LogP contribution in [-0.2, 0) is 17.9 Å². The molecular weight excluding hydrogens is 212 g/mol. The minimum Gasteiger partial charge on any atom is -0.332 e. The van der Waals surface area contributed by atoms with Gasteiger partial charge in [0.25, 0.3) is 0 Å². The molecule has 0 saturated heterocycles. The van der Waals surface area contributed by atoms with Crippen LogP contribution in [0.4, 0.5) is 0 Å². The van der Waals surface area contributed by atoms with Crippen molar-refractivity contribution < 1.29 is 4.79 Å². The van der Waals surface area contributed by atoms with Crippen LogP contribution in [0.25, 0.3) is 0 Å². The van der Waals surface area contributed by atoms with E-state index in [1.54, 1.807) is 0 Å². The summed E-state index contributed by atoms with van der Waals surface area (Å²) in [7, 11) is 0. The molecule has 0 bridgehead atoms. The summed E-state index contributed by atoms with van der Waals surface area (Å²) in [5.41, 5.74) is 7.86. The lowest BCUT2D eigenvalue weighted by atomic mass is 9.96. The first-order valence-corrected chi connectivity index (χ1v) is 6.19. The molecule has 17 heavy (non-hydrogen) atoms. The summed E-state index contributed by atoms with van der Waals surface area (Å²) in [4.78, 5) is 14.2. The minimum absolute atomic E-state index is 0.0653. The standard InChI is InChI=1S/C14H20N2O/c1-3-8-14(2,15)13(17)16-9-11-6-4-5-7-12(11)10-16/h4-7H,3,8-10,15H2,1-2H3. The van der Waals surface area contributed by atoms with E-state index in [1.807, 2.05) is 24.0 Å². The van der Waals surface area contributed by atoms with Gasteiger partial charge in [-0.1, -0.05) is 37.6 Å². The molecule has 0 aliphatic carbocycles. The molecule has 1 amide bonds. The van der Waals surface area contributed by atoms with Crippen molar-refractivity contribution in [1.82, 2.24) is 4.90 Å². The summed E-state index contributed by atoms with van der Waals surface area (Å²) in [5.74, 6) is 0.0653. The molecule has 1 heterocycles. The number of benzene rings is 1. The molecule has 1 aromatic carbocycles. The zero-order valence-electron chi connectivity index (χ0n) is 10.6. The van der Waals surface area contributed by atoms with Crippen molar-refractivity contribution in [3.63, 3.8) is 0 Å². The normalized spacial score (nSPS) is 17.7. The topological polar surface area (TPSA) is 46.3 Å². The second kappa shape index (κ2) is 4.49. The van der Waals surface area contributed by atoms with Crippen LogP contribution in [0.15, 0.2) is 24.3 Å². The molecule has 0 spiro atoms. The molecule has 0 fully saturated rings. The quantitative estimate of drug-likeness (QED) is 0.867. The highest BCUT2D eigenvalue weighted by molar-refractivity contribution is 5.86. The van der Waals surface area contributed by atoms with E-state index in [2.05, 4.69) is 19.1 Å². The van der Waals surface area contributed by atoms with Crippen LogP contribution < -0.4 is 5.73 Å². The van der Waals surface area contributed by atoms with Gasteiger partial charge in [-0.05, 0) is 24.5 Å². The molecule has 1 aliphatic rings. The van der Waals surface area contributed by atoms with Gasteiger partial charge < -0.3 is 10.6 Å². The van der Waals surface area contributed by atoms with E-state index < -0.39 is 5.54 Å². The van der Waals surface area contributed by atoms with Crippen LogP contribution in [0.2, 0.25) is 0 Å². The minimum atomic E-state index is -0.725. The molecule has 3 nitrogen and oxygen atoms in total. The molecule has 1 atom stereocenters. The lowest BCUT2D eigenvalue weighted by Crippen LogP contribution is -2.51. The lowest BCUT2D eigenvalue weighted by molar-refractivity contribution is -0.137. The third-order valence-electron chi connectivity index (χ3n) is 3.39. The largest absolute Gasteiger partial charge is 0.332 e. The first-order chi connectivity index (χ1) is 8.04. The van der Waals surface area contributed by atoms with Gasteiger partial charge in [-0.15, -0.1) is 0 Å². The molecule has 2 rings (SSSR count). The van der Waals surface area contributed by atoms with Gasteiger partial charge >= 0.3 is 0 Å². The third-order valence-corrected chi connectivity index (χ3v) is 3.39. The van der Waals surface area contributed by atoms with Crippen LogP contribution >= 0.6 is 0 Å². The number of nitrogens with zero attached hydrogens (tertiary/aromatic N) is 1. The Morgan fingerprint density at radius 2 is 1.88 bits per heavy atom. The maximum Gasteiger partial charge on any atom is 0.242 e. The Balaban J connectivity index is 2.10. The van der Waals surface area contributed by atoms with Crippen molar-refractivity contribution in [2.24, 2.45) is 5.73 Å². The number of fused-ring (bicyclic) bond motifs is 1. The number of hydrogen-bond donors (Lipinski definition) is 1. The Bertz CT molecular complexity index is 401. The smallest absolute Gasteiger partial charge is 0.242 e. The number of nitrogens with two attached hydrogens (primary N) is 1. The predicted molar refractivity (Wildman–Crippen MR) is 68.2 cm³/mol. The van der Waals surface area contributed by atoms with E-state index in [4.69, 9.17) is 5.73 Å².